The zero-order chi connectivity index (χ0) is 18.2. The van der Waals surface area contributed by atoms with Gasteiger partial charge in [0.05, 0.1) is 22.5 Å². The van der Waals surface area contributed by atoms with Gasteiger partial charge in [0.1, 0.15) is 0 Å². The monoisotopic (exact) mass is 348 g/mol. The second kappa shape index (κ2) is 8.34. The predicted octanol–water partition coefficient (Wildman–Crippen LogP) is 4.05. The van der Waals surface area contributed by atoms with E-state index in [1.165, 1.54) is 24.3 Å². The lowest BCUT2D eigenvalue weighted by atomic mass is 10.1. The molecule has 0 aliphatic rings. The van der Waals surface area contributed by atoms with E-state index in [0.717, 1.165) is 0 Å². The van der Waals surface area contributed by atoms with Crippen molar-refractivity contribution in [3.63, 3.8) is 0 Å². The molecule has 0 saturated heterocycles. The number of nitrogens with one attached hydrogen (secondary N) is 2. The molecule has 26 heavy (non-hydrogen) atoms. The zero-order valence-corrected chi connectivity index (χ0v) is 13.7. The molecular weight excluding hydrogens is 332 g/mol. The minimum absolute atomic E-state index is 0.306. The molecule has 3 aromatic carbocycles. The normalized spacial score (nSPS) is 9.85. The second-order valence-corrected chi connectivity index (χ2v) is 5.29. The molecule has 0 amide bonds. The third-order valence-corrected chi connectivity index (χ3v) is 3.43. The van der Waals surface area contributed by atoms with Crippen molar-refractivity contribution >= 4 is 23.3 Å². The summed E-state index contributed by atoms with van der Waals surface area (Å²) in [6, 6.07) is 24.1. The van der Waals surface area contributed by atoms with E-state index in [1.807, 2.05) is 36.4 Å². The Bertz CT molecular complexity index is 791. The molecule has 3 rings (SSSR count). The molecule has 2 N–H and O–H groups in total. The smallest absolute Gasteiger partial charge is 0.338 e. The predicted molar refractivity (Wildman–Crippen MR) is 97.4 cm³/mol. The molecule has 0 aliphatic carbocycles. The highest BCUT2D eigenvalue weighted by Gasteiger charge is 2.11. The quantitative estimate of drug-likeness (QED) is 0.654. The van der Waals surface area contributed by atoms with Crippen LogP contribution >= 0.6 is 0 Å². The lowest BCUT2D eigenvalue weighted by Crippen LogP contribution is -2.13. The molecule has 0 heterocycles. The highest BCUT2D eigenvalue weighted by atomic mass is 16.7. The van der Waals surface area contributed by atoms with Crippen LogP contribution in [0.1, 0.15) is 20.7 Å². The number of rotatable bonds is 6. The number of hydrogen-bond acceptors (Lipinski definition) is 6. The molecule has 130 valence electrons. The third kappa shape index (κ3) is 4.61. The summed E-state index contributed by atoms with van der Waals surface area (Å²) in [5.74, 6) is -1.12. The van der Waals surface area contributed by atoms with Gasteiger partial charge in [-0.05, 0) is 48.5 Å². The van der Waals surface area contributed by atoms with Gasteiger partial charge in [-0.1, -0.05) is 36.4 Å². The molecule has 0 bridgehead atoms. The van der Waals surface area contributed by atoms with E-state index in [-0.39, 0.29) is 0 Å². The summed E-state index contributed by atoms with van der Waals surface area (Å²) < 4.78 is 0. The standard InChI is InChI=1S/C20H16N2O4/c23-19(25-21-17-7-3-1-4-8-17)15-11-13-16(14-12-15)20(24)26-22-18-9-5-2-6-10-18/h1-14,21-22H. The number of benzene rings is 3. The summed E-state index contributed by atoms with van der Waals surface area (Å²) in [6.07, 6.45) is 0. The van der Waals surface area contributed by atoms with Crippen molar-refractivity contribution in [2.75, 3.05) is 11.0 Å². The SMILES string of the molecule is O=C(ONc1ccccc1)c1ccc(C(=O)ONc2ccccc2)cc1. The summed E-state index contributed by atoms with van der Waals surface area (Å²) in [4.78, 5) is 34.0. The Labute approximate surface area is 150 Å². The van der Waals surface area contributed by atoms with Crippen molar-refractivity contribution < 1.29 is 19.3 Å². The third-order valence-electron chi connectivity index (χ3n) is 3.43. The van der Waals surface area contributed by atoms with Gasteiger partial charge in [-0.15, -0.1) is 0 Å². The molecule has 6 heteroatoms. The van der Waals surface area contributed by atoms with Gasteiger partial charge in [-0.25, -0.2) is 20.5 Å². The van der Waals surface area contributed by atoms with Crippen LogP contribution in [0.5, 0.6) is 0 Å². The first-order chi connectivity index (χ1) is 12.7. The van der Waals surface area contributed by atoms with Gasteiger partial charge in [0.15, 0.2) is 0 Å². The molecule has 0 aliphatic heterocycles. The fourth-order valence-corrected chi connectivity index (χ4v) is 2.08. The first-order valence-corrected chi connectivity index (χ1v) is 7.87. The maximum Gasteiger partial charge on any atom is 0.362 e. The van der Waals surface area contributed by atoms with Crippen LogP contribution in [0, 0.1) is 0 Å². The summed E-state index contributed by atoms with van der Waals surface area (Å²) in [5, 5.41) is 0. The number of para-hydroxylation sites is 2. The Hall–Kier alpha value is -3.80. The average molecular weight is 348 g/mol. The summed E-state index contributed by atoms with van der Waals surface area (Å²) in [7, 11) is 0. The maximum absolute atomic E-state index is 12.0. The maximum atomic E-state index is 12.0. The Kier molecular flexibility index (Phi) is 5.47. The highest BCUT2D eigenvalue weighted by molar-refractivity contribution is 5.93. The van der Waals surface area contributed by atoms with Crippen molar-refractivity contribution in [3.05, 3.63) is 96.1 Å². The van der Waals surface area contributed by atoms with E-state index in [9.17, 15) is 9.59 Å². The number of anilines is 2. The van der Waals surface area contributed by atoms with Gasteiger partial charge in [0, 0.05) is 0 Å². The summed E-state index contributed by atoms with van der Waals surface area (Å²) >= 11 is 0. The number of carbonyl (C=O) groups is 2. The summed E-state index contributed by atoms with van der Waals surface area (Å²) in [6.45, 7) is 0. The van der Waals surface area contributed by atoms with Crippen LogP contribution in [0.25, 0.3) is 0 Å². The minimum atomic E-state index is -0.559. The molecule has 0 saturated carbocycles. The molecule has 3 aromatic rings. The topological polar surface area (TPSA) is 76.7 Å². The zero-order valence-electron chi connectivity index (χ0n) is 13.7. The van der Waals surface area contributed by atoms with Crippen LogP contribution in [0.2, 0.25) is 0 Å². The van der Waals surface area contributed by atoms with Crippen LogP contribution < -0.4 is 11.0 Å². The number of carbonyl (C=O) groups excluding carboxylic acids is 2. The van der Waals surface area contributed by atoms with Crippen LogP contribution in [0.15, 0.2) is 84.9 Å². The van der Waals surface area contributed by atoms with Crippen molar-refractivity contribution in [3.8, 4) is 0 Å². The van der Waals surface area contributed by atoms with E-state index in [2.05, 4.69) is 11.0 Å². The van der Waals surface area contributed by atoms with E-state index < -0.39 is 11.9 Å². The molecule has 6 nitrogen and oxygen atoms in total. The van der Waals surface area contributed by atoms with Gasteiger partial charge in [-0.2, -0.15) is 0 Å². The minimum Gasteiger partial charge on any atom is -0.338 e. The largest absolute Gasteiger partial charge is 0.362 e. The molecule has 0 radical (unpaired) electrons. The van der Waals surface area contributed by atoms with Crippen LogP contribution in [0.3, 0.4) is 0 Å². The fourth-order valence-electron chi connectivity index (χ4n) is 2.08. The molecule has 0 aromatic heterocycles. The Morgan fingerprint density at radius 3 is 1.23 bits per heavy atom. The average Bonchev–Trinajstić information content (AvgIpc) is 2.72. The Balaban J connectivity index is 1.53. The first kappa shape index (κ1) is 17.0. The Morgan fingerprint density at radius 2 is 0.885 bits per heavy atom. The van der Waals surface area contributed by atoms with E-state index in [0.29, 0.717) is 22.5 Å². The lowest BCUT2D eigenvalue weighted by molar-refractivity contribution is 0.0582. The van der Waals surface area contributed by atoms with Gasteiger partial charge in [0.2, 0.25) is 0 Å². The van der Waals surface area contributed by atoms with E-state index in [4.69, 9.17) is 9.68 Å². The van der Waals surface area contributed by atoms with Crippen molar-refractivity contribution in [2.24, 2.45) is 0 Å². The van der Waals surface area contributed by atoms with Crippen LogP contribution in [-0.2, 0) is 9.68 Å². The lowest BCUT2D eigenvalue weighted by Gasteiger charge is -2.08. The van der Waals surface area contributed by atoms with Crippen molar-refractivity contribution in [1.82, 2.24) is 0 Å². The second-order valence-electron chi connectivity index (χ2n) is 5.29. The van der Waals surface area contributed by atoms with Gasteiger partial charge in [-0.3, -0.25) is 0 Å². The van der Waals surface area contributed by atoms with Crippen LogP contribution in [-0.4, -0.2) is 11.9 Å². The van der Waals surface area contributed by atoms with E-state index >= 15 is 0 Å². The van der Waals surface area contributed by atoms with Crippen molar-refractivity contribution in [2.45, 2.75) is 0 Å². The fraction of sp³-hybridized carbons (Fsp3) is 0. The molecule has 0 atom stereocenters. The molecule has 0 fully saturated rings. The van der Waals surface area contributed by atoms with Gasteiger partial charge < -0.3 is 9.68 Å². The number of hydrogen-bond donors (Lipinski definition) is 2. The summed E-state index contributed by atoms with van der Waals surface area (Å²) in [5.41, 5.74) is 7.07. The molecular formula is C20H16N2O4. The Morgan fingerprint density at radius 1 is 0.538 bits per heavy atom. The first-order valence-electron chi connectivity index (χ1n) is 7.87. The van der Waals surface area contributed by atoms with E-state index in [1.54, 1.807) is 24.3 Å². The van der Waals surface area contributed by atoms with Crippen LogP contribution in [0.4, 0.5) is 11.4 Å². The highest BCUT2D eigenvalue weighted by Crippen LogP contribution is 2.11. The molecule has 0 spiro atoms. The molecule has 0 unspecified atom stereocenters. The van der Waals surface area contributed by atoms with Gasteiger partial charge >= 0.3 is 11.9 Å². The van der Waals surface area contributed by atoms with Crippen molar-refractivity contribution in [1.29, 1.82) is 0 Å². The van der Waals surface area contributed by atoms with Gasteiger partial charge in [0.25, 0.3) is 0 Å².